The second-order valence-corrected chi connectivity index (χ2v) is 27.7. The molecule has 12 N–H and O–H groups in total. The van der Waals surface area contributed by atoms with Gasteiger partial charge in [-0.2, -0.15) is 23.5 Å². The SMILES string of the molecule is CO[C@@H](C)[C@@H]1NC(=O)CCSCc2cccc(c2)CSC[C@@H](C(N)=O)NC(=O)[C@]2(C)CCCN2C(=O)[C@H](Cc2ccc(O)cc2)NC(=O)[C@H](CC2=CN=CC2)CC(=O)[C@H](CC(=O)O)NC(=O)[C@H](Cc2c[nH]c3ccc(F)cc23)NC(=O)[C@H](Cc2c[nH]c3ccc(F)cc23)CC(=O)CNC1=O. The number of halogens is 2. The number of phenolic OH excluding ortho intramolecular Hbond substituents is 1. The Hall–Kier alpha value is -9.74. The molecule has 5 heterocycles. The summed E-state index contributed by atoms with van der Waals surface area (Å²) in [6.07, 6.45) is 2.41. The van der Waals surface area contributed by atoms with Crippen molar-refractivity contribution in [1.29, 1.82) is 0 Å². The number of allylic oxidation sites excluding steroid dienone is 1. The minimum absolute atomic E-state index is 0.0159. The number of nitrogens with two attached hydrogens (primary N) is 1. The van der Waals surface area contributed by atoms with E-state index in [1.807, 2.05) is 24.3 Å². The molecule has 1 fully saturated rings. The number of Topliss-reactive ketones (excluding diaryl/α,β-unsaturated/α-hetero) is 2. The maximum absolute atomic E-state index is 15.2. The molecule has 4 aromatic carbocycles. The fraction of sp³-hybridized carbons (Fsp3) is 0.408. The number of aromatic amines is 2. The number of primary amides is 1. The van der Waals surface area contributed by atoms with Gasteiger partial charge in [0.25, 0.3) is 0 Å². The van der Waals surface area contributed by atoms with Crippen LogP contribution in [0.2, 0.25) is 0 Å². The van der Waals surface area contributed by atoms with Crippen LogP contribution in [0.1, 0.15) is 93.0 Å². The van der Waals surface area contributed by atoms with E-state index in [9.17, 15) is 52.6 Å². The van der Waals surface area contributed by atoms with Crippen LogP contribution in [0.25, 0.3) is 21.8 Å². The van der Waals surface area contributed by atoms with Crippen molar-refractivity contribution in [3.63, 3.8) is 0 Å². The Balaban J connectivity index is 1.06. The van der Waals surface area contributed by atoms with Crippen molar-refractivity contribution in [3.05, 3.63) is 149 Å². The first-order valence-electron chi connectivity index (χ1n) is 32.7. The molecule has 6 aromatic rings. The van der Waals surface area contributed by atoms with Crippen LogP contribution in [0, 0.1) is 23.5 Å². The van der Waals surface area contributed by atoms with Crippen LogP contribution in [0.5, 0.6) is 5.75 Å². The average Bonchev–Trinajstić information content (AvgIpc) is 1.58. The molecule has 2 aromatic heterocycles. The molecular weight excluding hydrogens is 1330 g/mol. The Labute approximate surface area is 583 Å². The van der Waals surface area contributed by atoms with E-state index in [4.69, 9.17) is 10.5 Å². The number of methoxy groups -OCH3 is 1. The number of phenols is 1. The lowest BCUT2D eigenvalue weighted by Crippen LogP contribution is -2.62. The smallest absolute Gasteiger partial charge is 0.305 e. The van der Waals surface area contributed by atoms with Crippen LogP contribution in [-0.4, -0.2) is 170 Å². The Bertz CT molecular complexity index is 4130. The molecule has 25 nitrogen and oxygen atoms in total. The number of ether oxygens (including phenoxy) is 1. The number of nitrogens with zero attached hydrogens (tertiary/aromatic N) is 2. The molecule has 2 bridgehead atoms. The van der Waals surface area contributed by atoms with Crippen molar-refractivity contribution in [2.24, 2.45) is 22.6 Å². The number of carbonyl (C=O) groups is 11. The second kappa shape index (κ2) is 34.4. The number of carbonyl (C=O) groups excluding carboxylic acids is 10. The number of hydrogen-bond acceptors (Lipinski definition) is 16. The van der Waals surface area contributed by atoms with E-state index in [2.05, 4.69) is 46.9 Å². The number of aromatic hydroxyl groups is 1. The first kappa shape index (κ1) is 74.5. The molecule has 3 aliphatic heterocycles. The van der Waals surface area contributed by atoms with E-state index in [-0.39, 0.29) is 67.5 Å². The number of fused-ring (bicyclic) bond motifs is 5. The molecule has 1 saturated heterocycles. The number of ketones is 2. The zero-order chi connectivity index (χ0) is 71.8. The average molecular weight is 1410 g/mol. The normalized spacial score (nSPS) is 23.9. The molecule has 530 valence electrons. The highest BCUT2D eigenvalue weighted by molar-refractivity contribution is 7.98. The molecule has 0 unspecified atom stereocenters. The molecule has 100 heavy (non-hydrogen) atoms. The van der Waals surface area contributed by atoms with E-state index in [0.29, 0.717) is 56.8 Å². The monoisotopic (exact) mass is 1410 g/mol. The highest BCUT2D eigenvalue weighted by Crippen LogP contribution is 2.33. The summed E-state index contributed by atoms with van der Waals surface area (Å²) in [4.78, 5) is 169. The van der Waals surface area contributed by atoms with Gasteiger partial charge >= 0.3 is 5.97 Å². The van der Waals surface area contributed by atoms with Gasteiger partial charge in [0.2, 0.25) is 47.3 Å². The summed E-state index contributed by atoms with van der Waals surface area (Å²) in [5.41, 5.74) is 8.73. The number of amides is 8. The summed E-state index contributed by atoms with van der Waals surface area (Å²) in [6.45, 7) is 2.47. The summed E-state index contributed by atoms with van der Waals surface area (Å²) in [6, 6.07) is 13.7. The van der Waals surface area contributed by atoms with E-state index < -0.39 is 162 Å². The van der Waals surface area contributed by atoms with Gasteiger partial charge in [-0.05, 0) is 121 Å². The Morgan fingerprint density at radius 3 is 2.00 bits per heavy atom. The minimum atomic E-state index is -1.90. The van der Waals surface area contributed by atoms with Crippen LogP contribution < -0.4 is 37.6 Å². The van der Waals surface area contributed by atoms with Gasteiger partial charge in [-0.3, -0.25) is 57.7 Å². The molecule has 29 heteroatoms. The van der Waals surface area contributed by atoms with E-state index >= 15 is 19.2 Å². The third-order valence-corrected chi connectivity index (χ3v) is 20.3. The van der Waals surface area contributed by atoms with E-state index in [1.54, 1.807) is 20.1 Å². The molecular formula is C71H81F2N11O14S2. The summed E-state index contributed by atoms with van der Waals surface area (Å²) >= 11 is 2.79. The number of carboxylic acid groups (broad SMARTS) is 1. The Morgan fingerprint density at radius 1 is 0.740 bits per heavy atom. The third-order valence-electron chi connectivity index (χ3n) is 18.2. The maximum atomic E-state index is 15.2. The number of rotatable bonds is 13. The molecule has 3 aliphatic rings. The molecule has 0 saturated carbocycles. The first-order valence-corrected chi connectivity index (χ1v) is 35.1. The van der Waals surface area contributed by atoms with Gasteiger partial charge in [-0.15, -0.1) is 0 Å². The van der Waals surface area contributed by atoms with E-state index in [0.717, 1.165) is 11.1 Å². The Morgan fingerprint density at radius 2 is 1.37 bits per heavy atom. The number of nitrogens with one attached hydrogen (secondary N) is 8. The number of H-pyrrole nitrogens is 2. The number of aliphatic carboxylic acids is 1. The zero-order valence-electron chi connectivity index (χ0n) is 55.4. The number of aromatic nitrogens is 2. The lowest BCUT2D eigenvalue weighted by Gasteiger charge is -2.37. The van der Waals surface area contributed by atoms with Gasteiger partial charge in [-0.25, -0.2) is 8.78 Å². The van der Waals surface area contributed by atoms with Crippen LogP contribution in [0.4, 0.5) is 8.78 Å². The van der Waals surface area contributed by atoms with Crippen LogP contribution in [0.3, 0.4) is 0 Å². The molecule has 0 radical (unpaired) electrons. The van der Waals surface area contributed by atoms with Crippen molar-refractivity contribution in [2.75, 3.05) is 31.7 Å². The largest absolute Gasteiger partial charge is 0.508 e. The first-order chi connectivity index (χ1) is 47.8. The third kappa shape index (κ3) is 19.8. The summed E-state index contributed by atoms with van der Waals surface area (Å²) in [7, 11) is 1.34. The minimum Gasteiger partial charge on any atom is -0.508 e. The van der Waals surface area contributed by atoms with Gasteiger partial charge in [-0.1, -0.05) is 36.4 Å². The standard InChI is InChI=1S/C71H81F2N11O14S2/c1-39(98-3)63-68(95)78-35-51(86)26-45(25-46-33-76-54-14-10-48(72)29-52(46)54)66(93)80-57(27-47-34-77-55-15-11-49(73)30-53(47)55)67(94)79-56(31-62(89)90)60(87)28-44(23-41-16-19-75-32-41)65(92)81-58(24-40-8-12-50(85)13-9-40)69(96)84-20-5-18-71(84,2)70(97)82-59(64(74)91)38-100-37-43-7-4-6-42(22-43)36-99-21-17-61(88)83-63/h4,6-15,19,22,29-30,32-34,39,44-45,56-59,63,76-77,85H,5,16-18,20-21,23-28,31,35-38H2,1-3H3,(H2,74,91)(H,78,95)(H,79,94)(H,80,93)(H,81,92)(H,82,97)(H,83,88)(H,89,90)/t39-,44+,45+,56-,57-,58-,59-,63-,71-/m0/s1. The number of hydrogen-bond donors (Lipinski definition) is 11. The molecule has 9 rings (SSSR count). The van der Waals surface area contributed by atoms with Gasteiger partial charge in [0.1, 0.15) is 47.1 Å². The van der Waals surface area contributed by atoms with Gasteiger partial charge in [0.05, 0.1) is 25.1 Å². The number of aliphatic imine (C=N–C) groups is 1. The fourth-order valence-corrected chi connectivity index (χ4v) is 14.4. The van der Waals surface area contributed by atoms with Crippen molar-refractivity contribution >= 4 is 116 Å². The van der Waals surface area contributed by atoms with Crippen molar-refractivity contribution in [1.82, 2.24) is 46.8 Å². The van der Waals surface area contributed by atoms with Crippen LogP contribution >= 0.6 is 23.5 Å². The summed E-state index contributed by atoms with van der Waals surface area (Å²) in [5.74, 6) is -12.5. The predicted octanol–water partition coefficient (Wildman–Crippen LogP) is 5.05. The molecule has 0 aliphatic carbocycles. The summed E-state index contributed by atoms with van der Waals surface area (Å²) < 4.78 is 35.3. The number of benzene rings is 4. The van der Waals surface area contributed by atoms with Crippen LogP contribution in [0.15, 0.2) is 114 Å². The Kier molecular flexibility index (Phi) is 25.6. The predicted molar refractivity (Wildman–Crippen MR) is 371 cm³/mol. The molecule has 0 spiro atoms. The van der Waals surface area contributed by atoms with Gasteiger partial charge in [0, 0.05) is 134 Å². The molecule has 8 amide bonds. The highest BCUT2D eigenvalue weighted by Gasteiger charge is 2.49. The van der Waals surface area contributed by atoms with Crippen molar-refractivity contribution in [3.8, 4) is 5.75 Å². The van der Waals surface area contributed by atoms with E-state index in [1.165, 1.54) is 115 Å². The molecule has 9 atom stereocenters. The number of carboxylic acids is 1. The van der Waals surface area contributed by atoms with Gasteiger partial charge in [0.15, 0.2) is 11.6 Å². The van der Waals surface area contributed by atoms with Crippen LogP contribution in [-0.2, 0) is 88.2 Å². The highest BCUT2D eigenvalue weighted by atomic mass is 32.2. The quantitative estimate of drug-likeness (QED) is 0.0721. The lowest BCUT2D eigenvalue weighted by molar-refractivity contribution is -0.147. The lowest BCUT2D eigenvalue weighted by atomic mass is 9.89. The summed E-state index contributed by atoms with van der Waals surface area (Å²) in [5, 5.41) is 37.3. The number of thioether (sulfide) groups is 2. The van der Waals surface area contributed by atoms with Gasteiger partial charge < -0.3 is 67.5 Å². The second-order valence-electron chi connectivity index (χ2n) is 25.5. The fourth-order valence-electron chi connectivity index (χ4n) is 12.5. The van der Waals surface area contributed by atoms with Crippen molar-refractivity contribution < 1.29 is 76.5 Å². The topological polar surface area (TPSA) is 383 Å². The maximum Gasteiger partial charge on any atom is 0.305 e. The van der Waals surface area contributed by atoms with Crippen molar-refractivity contribution in [2.45, 2.75) is 138 Å². The zero-order valence-corrected chi connectivity index (χ0v) is 57.0.